The number of H-pyrrole nitrogens is 1. The van der Waals surface area contributed by atoms with Gasteiger partial charge in [-0.25, -0.2) is 9.36 Å². The summed E-state index contributed by atoms with van der Waals surface area (Å²) in [6.07, 6.45) is 4.86. The first-order valence-electron chi connectivity index (χ1n) is 8.12. The normalized spacial score (nSPS) is 15.1. The predicted molar refractivity (Wildman–Crippen MR) is 96.4 cm³/mol. The molecule has 0 unspecified atom stereocenters. The van der Waals surface area contributed by atoms with Gasteiger partial charge in [-0.3, -0.25) is 14.6 Å². The van der Waals surface area contributed by atoms with Crippen LogP contribution in [-0.4, -0.2) is 26.6 Å². The van der Waals surface area contributed by atoms with E-state index in [1.807, 2.05) is 0 Å². The van der Waals surface area contributed by atoms with Crippen molar-refractivity contribution in [2.75, 3.05) is 0 Å². The van der Waals surface area contributed by atoms with Crippen LogP contribution in [0.1, 0.15) is 42.5 Å². The van der Waals surface area contributed by atoms with Crippen molar-refractivity contribution in [3.8, 4) is 11.6 Å². The van der Waals surface area contributed by atoms with E-state index in [0.29, 0.717) is 5.69 Å². The number of benzene rings is 1. The number of aromatic amines is 1. The first-order valence-corrected chi connectivity index (χ1v) is 8.92. The van der Waals surface area contributed by atoms with Crippen LogP contribution in [0.4, 0.5) is 0 Å². The van der Waals surface area contributed by atoms with Gasteiger partial charge in [0.05, 0.1) is 5.69 Å². The first-order chi connectivity index (χ1) is 12.0. The summed E-state index contributed by atoms with van der Waals surface area (Å²) in [6, 6.07) is 6.54. The van der Waals surface area contributed by atoms with E-state index < -0.39 is 28.6 Å². The standard InChI is InChI=1S/C17H18BrN3O4/c18-10-6-8-12(9-7-10)21-16(24)13(15(23)20-17(21)25)14(22)19-11-4-2-1-3-5-11/h6-9,11,24H,1-5H2,(H,19,22)(H,20,23,25). The Balaban J connectivity index is 2.00. The van der Waals surface area contributed by atoms with Gasteiger partial charge in [-0.1, -0.05) is 35.2 Å². The lowest BCUT2D eigenvalue weighted by atomic mass is 9.95. The number of carbonyl (C=O) groups excluding carboxylic acids is 1. The summed E-state index contributed by atoms with van der Waals surface area (Å²) in [5.74, 6) is -1.33. The van der Waals surface area contributed by atoms with Crippen molar-refractivity contribution in [1.82, 2.24) is 14.9 Å². The van der Waals surface area contributed by atoms with Crippen molar-refractivity contribution in [2.24, 2.45) is 0 Å². The van der Waals surface area contributed by atoms with Gasteiger partial charge in [0.2, 0.25) is 5.88 Å². The predicted octanol–water partition coefficient (Wildman–Crippen LogP) is 2.06. The van der Waals surface area contributed by atoms with E-state index in [0.717, 1.165) is 41.1 Å². The van der Waals surface area contributed by atoms with Crippen LogP contribution in [0.15, 0.2) is 38.3 Å². The van der Waals surface area contributed by atoms with E-state index in [4.69, 9.17) is 0 Å². The number of carbonyl (C=O) groups is 1. The lowest BCUT2D eigenvalue weighted by Gasteiger charge is -2.22. The molecule has 1 saturated carbocycles. The smallest absolute Gasteiger partial charge is 0.335 e. The number of nitrogens with one attached hydrogen (secondary N) is 2. The SMILES string of the molecule is O=C(NC1CCCCC1)c1c(O)n(-c2ccc(Br)cc2)c(=O)[nH]c1=O. The van der Waals surface area contributed by atoms with Crippen LogP contribution in [0.3, 0.4) is 0 Å². The molecule has 0 saturated heterocycles. The lowest BCUT2D eigenvalue weighted by Crippen LogP contribution is -2.41. The number of hydrogen-bond acceptors (Lipinski definition) is 4. The highest BCUT2D eigenvalue weighted by molar-refractivity contribution is 9.10. The minimum atomic E-state index is -0.899. The second-order valence-electron chi connectivity index (χ2n) is 6.08. The van der Waals surface area contributed by atoms with Crippen molar-refractivity contribution in [2.45, 2.75) is 38.1 Å². The fourth-order valence-corrected chi connectivity index (χ4v) is 3.33. The minimum Gasteiger partial charge on any atom is -0.493 e. The van der Waals surface area contributed by atoms with E-state index in [1.54, 1.807) is 24.3 Å². The molecule has 1 aromatic carbocycles. The summed E-state index contributed by atoms with van der Waals surface area (Å²) >= 11 is 3.29. The van der Waals surface area contributed by atoms with Crippen molar-refractivity contribution >= 4 is 21.8 Å². The molecular weight excluding hydrogens is 390 g/mol. The number of aromatic nitrogens is 2. The summed E-state index contributed by atoms with van der Waals surface area (Å²) in [5, 5.41) is 13.2. The van der Waals surface area contributed by atoms with Crippen molar-refractivity contribution in [1.29, 1.82) is 0 Å². The summed E-state index contributed by atoms with van der Waals surface area (Å²) < 4.78 is 1.70. The maximum atomic E-state index is 12.5. The number of rotatable bonds is 3. The second-order valence-corrected chi connectivity index (χ2v) is 6.99. The molecule has 1 fully saturated rings. The van der Waals surface area contributed by atoms with Gasteiger partial charge in [0.1, 0.15) is 0 Å². The van der Waals surface area contributed by atoms with Gasteiger partial charge in [-0.05, 0) is 37.1 Å². The molecule has 1 amide bonds. The van der Waals surface area contributed by atoms with Gasteiger partial charge in [0.15, 0.2) is 5.56 Å². The fourth-order valence-electron chi connectivity index (χ4n) is 3.06. The Morgan fingerprint density at radius 3 is 2.44 bits per heavy atom. The molecule has 1 heterocycles. The zero-order chi connectivity index (χ0) is 18.0. The third kappa shape index (κ3) is 3.68. The highest BCUT2D eigenvalue weighted by atomic mass is 79.9. The minimum absolute atomic E-state index is 0.0203. The van der Waals surface area contributed by atoms with E-state index in [-0.39, 0.29) is 6.04 Å². The van der Waals surface area contributed by atoms with Crippen LogP contribution >= 0.6 is 15.9 Å². The lowest BCUT2D eigenvalue weighted by molar-refractivity contribution is 0.0922. The average molecular weight is 408 g/mol. The Morgan fingerprint density at radius 2 is 1.80 bits per heavy atom. The van der Waals surface area contributed by atoms with E-state index in [2.05, 4.69) is 26.2 Å². The van der Waals surface area contributed by atoms with Gasteiger partial charge in [0, 0.05) is 10.5 Å². The number of aromatic hydroxyl groups is 1. The van der Waals surface area contributed by atoms with E-state index in [9.17, 15) is 19.5 Å². The zero-order valence-corrected chi connectivity index (χ0v) is 15.0. The van der Waals surface area contributed by atoms with Crippen LogP contribution in [0.25, 0.3) is 5.69 Å². The molecule has 3 N–H and O–H groups in total. The third-order valence-corrected chi connectivity index (χ3v) is 4.87. The number of hydrogen-bond donors (Lipinski definition) is 3. The molecule has 1 aromatic heterocycles. The van der Waals surface area contributed by atoms with Crippen LogP contribution in [0.2, 0.25) is 0 Å². The quantitative estimate of drug-likeness (QED) is 0.723. The number of amides is 1. The molecule has 1 aliphatic rings. The topological polar surface area (TPSA) is 104 Å². The van der Waals surface area contributed by atoms with Gasteiger partial charge in [0.25, 0.3) is 11.5 Å². The molecule has 0 spiro atoms. The molecule has 0 atom stereocenters. The highest BCUT2D eigenvalue weighted by Gasteiger charge is 2.24. The molecule has 25 heavy (non-hydrogen) atoms. The zero-order valence-electron chi connectivity index (χ0n) is 13.4. The highest BCUT2D eigenvalue weighted by Crippen LogP contribution is 2.21. The Kier molecular flexibility index (Phi) is 5.08. The van der Waals surface area contributed by atoms with Crippen LogP contribution in [-0.2, 0) is 0 Å². The molecule has 3 rings (SSSR count). The number of halogens is 1. The Bertz CT molecular complexity index is 896. The van der Waals surface area contributed by atoms with Gasteiger partial charge >= 0.3 is 5.69 Å². The van der Waals surface area contributed by atoms with Gasteiger partial charge < -0.3 is 10.4 Å². The van der Waals surface area contributed by atoms with Crippen LogP contribution in [0.5, 0.6) is 5.88 Å². The van der Waals surface area contributed by atoms with Crippen molar-refractivity contribution in [3.63, 3.8) is 0 Å². The molecule has 132 valence electrons. The molecule has 8 heteroatoms. The van der Waals surface area contributed by atoms with Crippen molar-refractivity contribution in [3.05, 3.63) is 55.1 Å². The summed E-state index contributed by atoms with van der Waals surface area (Å²) in [7, 11) is 0. The van der Waals surface area contributed by atoms with Gasteiger partial charge in [-0.15, -0.1) is 0 Å². The summed E-state index contributed by atoms with van der Waals surface area (Å²) in [5.41, 5.74) is -1.81. The monoisotopic (exact) mass is 407 g/mol. The fraction of sp³-hybridized carbons (Fsp3) is 0.353. The molecular formula is C17H18BrN3O4. The average Bonchev–Trinajstić information content (AvgIpc) is 2.57. The molecule has 2 aromatic rings. The van der Waals surface area contributed by atoms with E-state index in [1.165, 1.54) is 0 Å². The van der Waals surface area contributed by atoms with E-state index >= 15 is 0 Å². The number of nitrogens with zero attached hydrogens (tertiary/aromatic N) is 1. The third-order valence-electron chi connectivity index (χ3n) is 4.34. The second kappa shape index (κ2) is 7.26. The summed E-state index contributed by atoms with van der Waals surface area (Å²) in [6.45, 7) is 0. The molecule has 0 bridgehead atoms. The summed E-state index contributed by atoms with van der Waals surface area (Å²) in [4.78, 5) is 38.8. The Morgan fingerprint density at radius 1 is 1.16 bits per heavy atom. The molecule has 0 aliphatic heterocycles. The molecule has 1 aliphatic carbocycles. The largest absolute Gasteiger partial charge is 0.493 e. The Hall–Kier alpha value is -2.35. The molecule has 7 nitrogen and oxygen atoms in total. The Labute approximate surface area is 151 Å². The maximum absolute atomic E-state index is 12.5. The van der Waals surface area contributed by atoms with Crippen molar-refractivity contribution < 1.29 is 9.90 Å². The van der Waals surface area contributed by atoms with Crippen LogP contribution in [0, 0.1) is 0 Å². The van der Waals surface area contributed by atoms with Crippen LogP contribution < -0.4 is 16.6 Å². The van der Waals surface area contributed by atoms with Gasteiger partial charge in [-0.2, -0.15) is 0 Å². The first kappa shape index (κ1) is 17.5. The molecule has 0 radical (unpaired) electrons. The maximum Gasteiger partial charge on any atom is 0.335 e.